The molecule has 1 amide bonds. The van der Waals surface area contributed by atoms with Crippen LogP contribution in [0, 0.1) is 0 Å². The van der Waals surface area contributed by atoms with Crippen LogP contribution >= 0.6 is 0 Å². The highest BCUT2D eigenvalue weighted by atomic mass is 32.2. The van der Waals surface area contributed by atoms with Crippen LogP contribution in [0.5, 0.6) is 0 Å². The number of amides is 1. The zero-order valence-electron chi connectivity index (χ0n) is 10.8. The maximum atomic E-state index is 11.8. The van der Waals surface area contributed by atoms with Gasteiger partial charge in [-0.15, -0.1) is 0 Å². The number of hydrogen-bond acceptors (Lipinski definition) is 5. The summed E-state index contributed by atoms with van der Waals surface area (Å²) in [6, 6.07) is 3.33. The third-order valence-electron chi connectivity index (χ3n) is 2.27. The average Bonchev–Trinajstić information content (AvgIpc) is 2.64. The van der Waals surface area contributed by atoms with Crippen LogP contribution in [-0.4, -0.2) is 46.1 Å². The minimum absolute atomic E-state index is 0.254. The van der Waals surface area contributed by atoms with Crippen LogP contribution in [-0.2, 0) is 26.9 Å². The Morgan fingerprint density at radius 1 is 1.33 bits per heavy atom. The fraction of sp³-hybridized carbons (Fsp3) is 0.545. The maximum absolute atomic E-state index is 11.8. The van der Waals surface area contributed by atoms with Gasteiger partial charge in [-0.2, -0.15) is 0 Å². The fourth-order valence-electron chi connectivity index (χ4n) is 1.35. The van der Waals surface area contributed by atoms with Crippen LogP contribution in [0.25, 0.3) is 0 Å². The van der Waals surface area contributed by atoms with Crippen LogP contribution in [0.4, 0.5) is 0 Å². The van der Waals surface area contributed by atoms with E-state index in [1.807, 2.05) is 0 Å². The first-order valence-corrected chi connectivity index (χ1v) is 7.29. The molecular formula is C11H18N2O4S. The Morgan fingerprint density at radius 3 is 2.50 bits per heavy atom. The number of nitrogens with one attached hydrogen (secondary N) is 1. The first-order valence-electron chi connectivity index (χ1n) is 5.47. The molecule has 1 heterocycles. The van der Waals surface area contributed by atoms with Gasteiger partial charge in [-0.3, -0.25) is 4.79 Å². The van der Waals surface area contributed by atoms with E-state index < -0.39 is 21.5 Å². The monoisotopic (exact) mass is 274 g/mol. The lowest BCUT2D eigenvalue weighted by Gasteiger charge is -2.09. The van der Waals surface area contributed by atoms with Gasteiger partial charge < -0.3 is 14.6 Å². The number of rotatable bonds is 6. The fourth-order valence-corrected chi connectivity index (χ4v) is 2.68. The summed E-state index contributed by atoms with van der Waals surface area (Å²) in [6.45, 7) is 0.538. The number of nitrogens with zero attached hydrogens (tertiary/aromatic N) is 1. The van der Waals surface area contributed by atoms with Gasteiger partial charge in [0.1, 0.15) is 23.0 Å². The van der Waals surface area contributed by atoms with Crippen LogP contribution in [0.1, 0.15) is 11.5 Å². The van der Waals surface area contributed by atoms with E-state index in [9.17, 15) is 13.2 Å². The van der Waals surface area contributed by atoms with E-state index in [4.69, 9.17) is 4.42 Å². The Hall–Kier alpha value is -1.34. The summed E-state index contributed by atoms with van der Waals surface area (Å²) in [7, 11) is 1.33. The van der Waals surface area contributed by atoms with Gasteiger partial charge in [0.25, 0.3) is 0 Å². The van der Waals surface area contributed by atoms with Crippen LogP contribution < -0.4 is 5.32 Å². The van der Waals surface area contributed by atoms with E-state index in [0.29, 0.717) is 18.1 Å². The topological polar surface area (TPSA) is 79.6 Å². The normalized spacial score (nSPS) is 11.5. The summed E-state index contributed by atoms with van der Waals surface area (Å²) >= 11 is 0. The Labute approximate surface area is 107 Å². The van der Waals surface area contributed by atoms with E-state index in [2.05, 4.69) is 5.32 Å². The molecule has 1 N–H and O–H groups in total. The second-order valence-corrected chi connectivity index (χ2v) is 6.28. The summed E-state index contributed by atoms with van der Waals surface area (Å²) in [5.74, 6) is -0.163. The van der Waals surface area contributed by atoms with Crippen molar-refractivity contribution in [3.8, 4) is 0 Å². The Morgan fingerprint density at radius 2 is 1.94 bits per heavy atom. The predicted molar refractivity (Wildman–Crippen MR) is 67.7 cm³/mol. The number of carbonyl (C=O) groups is 1. The largest absolute Gasteiger partial charge is 0.464 e. The molecule has 0 aliphatic rings. The van der Waals surface area contributed by atoms with Crippen LogP contribution in [0.15, 0.2) is 16.5 Å². The van der Waals surface area contributed by atoms with Crippen molar-refractivity contribution in [2.45, 2.75) is 12.3 Å². The summed E-state index contributed by atoms with van der Waals surface area (Å²) in [4.78, 5) is 12.6. The van der Waals surface area contributed by atoms with Gasteiger partial charge in [0.05, 0.1) is 6.54 Å². The third-order valence-corrected chi connectivity index (χ3v) is 3.68. The van der Waals surface area contributed by atoms with Gasteiger partial charge in [0.15, 0.2) is 9.84 Å². The predicted octanol–water partition coefficient (Wildman–Crippen LogP) is 0.00200. The van der Waals surface area contributed by atoms with Crippen LogP contribution in [0.2, 0.25) is 0 Å². The summed E-state index contributed by atoms with van der Waals surface area (Å²) in [5.41, 5.74) is 0. The highest BCUT2D eigenvalue weighted by molar-refractivity contribution is 7.91. The molecule has 1 rings (SSSR count). The molecule has 0 aliphatic heterocycles. The lowest BCUT2D eigenvalue weighted by Crippen LogP contribution is -2.29. The van der Waals surface area contributed by atoms with Gasteiger partial charge >= 0.3 is 0 Å². The second kappa shape index (κ2) is 6.01. The standard InChI is InChI=1S/C11H18N2O4S/c1-12-6-9-4-5-10(17-9)7-18(15,16)8-11(14)13(2)3/h4-5,12H,6-8H2,1-3H3. The average molecular weight is 274 g/mol. The minimum Gasteiger partial charge on any atom is -0.464 e. The molecule has 1 aromatic heterocycles. The van der Waals surface area contributed by atoms with Gasteiger partial charge in [-0.1, -0.05) is 0 Å². The summed E-state index contributed by atoms with van der Waals surface area (Å²) in [5, 5.41) is 2.90. The van der Waals surface area contributed by atoms with Crippen LogP contribution in [0.3, 0.4) is 0 Å². The number of carbonyl (C=O) groups excluding carboxylic acids is 1. The molecule has 0 bridgehead atoms. The second-order valence-electron chi connectivity index (χ2n) is 4.22. The molecule has 7 heteroatoms. The quantitative estimate of drug-likeness (QED) is 0.790. The van der Waals surface area contributed by atoms with Gasteiger partial charge in [0, 0.05) is 14.1 Å². The maximum Gasteiger partial charge on any atom is 0.237 e. The molecule has 0 aromatic carbocycles. The smallest absolute Gasteiger partial charge is 0.237 e. The molecule has 0 saturated heterocycles. The molecule has 0 unspecified atom stereocenters. The Kier molecular flexibility index (Phi) is 4.92. The molecule has 0 saturated carbocycles. The molecule has 0 spiro atoms. The van der Waals surface area contributed by atoms with Crippen molar-refractivity contribution in [2.75, 3.05) is 26.9 Å². The van der Waals surface area contributed by atoms with Crippen molar-refractivity contribution in [3.05, 3.63) is 23.7 Å². The highest BCUT2D eigenvalue weighted by Crippen LogP contribution is 2.12. The number of furan rings is 1. The molecule has 0 radical (unpaired) electrons. The van der Waals surface area contributed by atoms with Crippen molar-refractivity contribution >= 4 is 15.7 Å². The van der Waals surface area contributed by atoms with E-state index in [1.165, 1.54) is 19.0 Å². The van der Waals surface area contributed by atoms with Crippen molar-refractivity contribution in [2.24, 2.45) is 0 Å². The number of hydrogen-bond donors (Lipinski definition) is 1. The zero-order chi connectivity index (χ0) is 13.8. The highest BCUT2D eigenvalue weighted by Gasteiger charge is 2.20. The first-order chi connectivity index (χ1) is 8.34. The third kappa shape index (κ3) is 4.50. The molecule has 102 valence electrons. The van der Waals surface area contributed by atoms with E-state index >= 15 is 0 Å². The molecule has 0 aliphatic carbocycles. The Balaban J connectivity index is 2.67. The van der Waals surface area contributed by atoms with E-state index in [-0.39, 0.29) is 5.75 Å². The summed E-state index contributed by atoms with van der Waals surface area (Å²) in [6.07, 6.45) is 0. The molecule has 18 heavy (non-hydrogen) atoms. The van der Waals surface area contributed by atoms with Crippen molar-refractivity contribution in [3.63, 3.8) is 0 Å². The minimum atomic E-state index is -3.49. The summed E-state index contributed by atoms with van der Waals surface area (Å²) < 4.78 is 28.9. The van der Waals surface area contributed by atoms with Gasteiger partial charge in [-0.05, 0) is 19.2 Å². The Bertz CT molecular complexity index is 505. The molecular weight excluding hydrogens is 256 g/mol. The first kappa shape index (κ1) is 14.7. The molecule has 1 aromatic rings. The lowest BCUT2D eigenvalue weighted by molar-refractivity contribution is -0.125. The van der Waals surface area contributed by atoms with E-state index in [0.717, 1.165) is 0 Å². The lowest BCUT2D eigenvalue weighted by atomic mass is 10.4. The zero-order valence-corrected chi connectivity index (χ0v) is 11.6. The van der Waals surface area contributed by atoms with Crippen molar-refractivity contribution in [1.29, 1.82) is 0 Å². The van der Waals surface area contributed by atoms with Crippen molar-refractivity contribution in [1.82, 2.24) is 10.2 Å². The molecule has 0 atom stereocenters. The molecule has 6 nitrogen and oxygen atoms in total. The molecule has 0 fully saturated rings. The van der Waals surface area contributed by atoms with Gasteiger partial charge in [0.2, 0.25) is 5.91 Å². The van der Waals surface area contributed by atoms with Crippen molar-refractivity contribution < 1.29 is 17.6 Å². The van der Waals surface area contributed by atoms with E-state index in [1.54, 1.807) is 19.2 Å². The SMILES string of the molecule is CNCc1ccc(CS(=O)(=O)CC(=O)N(C)C)o1. The van der Waals surface area contributed by atoms with Gasteiger partial charge in [-0.25, -0.2) is 8.42 Å². The number of sulfone groups is 1.